The summed E-state index contributed by atoms with van der Waals surface area (Å²) in [7, 11) is 0. The molecule has 0 aromatic carbocycles. The largest absolute Gasteiger partial charge is 0.379 e. The number of nitriles is 1. The molecule has 5 nitrogen and oxygen atoms in total. The van der Waals surface area contributed by atoms with Crippen LogP contribution < -0.4 is 0 Å². The van der Waals surface area contributed by atoms with E-state index in [1.807, 2.05) is 0 Å². The van der Waals surface area contributed by atoms with Crippen molar-refractivity contribution in [1.29, 1.82) is 5.26 Å². The van der Waals surface area contributed by atoms with Gasteiger partial charge in [0.25, 0.3) is 0 Å². The normalized spacial score (nSPS) is 10.9. The molecule has 0 heterocycles. The quantitative estimate of drug-likeness (QED) is 0.341. The van der Waals surface area contributed by atoms with Crippen LogP contribution in [-0.2, 0) is 14.2 Å². The summed E-state index contributed by atoms with van der Waals surface area (Å²) in [6.45, 7) is 10.4. The van der Waals surface area contributed by atoms with Crippen molar-refractivity contribution in [2.75, 3.05) is 59.3 Å². The maximum Gasteiger partial charge on any atom is 0.0866 e. The Morgan fingerprint density at radius 2 is 1.40 bits per heavy atom. The van der Waals surface area contributed by atoms with Gasteiger partial charge in [0.05, 0.1) is 45.6 Å². The van der Waals surface area contributed by atoms with Crippen molar-refractivity contribution >= 4 is 0 Å². The summed E-state index contributed by atoms with van der Waals surface area (Å²) < 4.78 is 16.3. The van der Waals surface area contributed by atoms with Crippen molar-refractivity contribution in [3.63, 3.8) is 0 Å². The molecule has 0 amide bonds. The van der Waals surface area contributed by atoms with E-state index >= 15 is 0 Å². The van der Waals surface area contributed by atoms with Crippen molar-refractivity contribution < 1.29 is 14.2 Å². The predicted octanol–water partition coefficient (Wildman–Crippen LogP) is 2.07. The third-order valence-electron chi connectivity index (χ3n) is 2.77. The second-order valence-corrected chi connectivity index (χ2v) is 4.62. The molecule has 0 aliphatic heterocycles. The van der Waals surface area contributed by atoms with E-state index in [0.717, 1.165) is 39.0 Å². The second kappa shape index (κ2) is 16.4. The Labute approximate surface area is 123 Å². The first-order chi connectivity index (χ1) is 9.85. The van der Waals surface area contributed by atoms with E-state index < -0.39 is 0 Å². The average Bonchev–Trinajstić information content (AvgIpc) is 2.45. The molecular formula is C15H30N2O3. The molecule has 0 radical (unpaired) electrons. The average molecular weight is 286 g/mol. The van der Waals surface area contributed by atoms with Gasteiger partial charge in [-0.2, -0.15) is 5.26 Å². The highest BCUT2D eigenvalue weighted by molar-refractivity contribution is 4.75. The summed E-state index contributed by atoms with van der Waals surface area (Å²) in [5.41, 5.74) is 0. The van der Waals surface area contributed by atoms with Gasteiger partial charge in [-0.1, -0.05) is 20.3 Å². The highest BCUT2D eigenvalue weighted by Gasteiger charge is 2.02. The molecule has 0 saturated heterocycles. The Balaban J connectivity index is 3.21. The smallest absolute Gasteiger partial charge is 0.0866 e. The van der Waals surface area contributed by atoms with Crippen LogP contribution in [0.1, 0.15) is 33.1 Å². The van der Waals surface area contributed by atoms with Gasteiger partial charge in [0.1, 0.15) is 0 Å². The predicted molar refractivity (Wildman–Crippen MR) is 79.7 cm³/mol. The van der Waals surface area contributed by atoms with Gasteiger partial charge in [0.15, 0.2) is 0 Å². The molecule has 0 aromatic heterocycles. The molecule has 0 aliphatic carbocycles. The fourth-order valence-corrected chi connectivity index (χ4v) is 1.67. The lowest BCUT2D eigenvalue weighted by molar-refractivity contribution is 0.0107. The van der Waals surface area contributed by atoms with E-state index in [2.05, 4.69) is 24.8 Å². The van der Waals surface area contributed by atoms with E-state index in [1.165, 1.54) is 0 Å². The van der Waals surface area contributed by atoms with Crippen LogP contribution in [0.25, 0.3) is 0 Å². The Morgan fingerprint density at radius 1 is 0.800 bits per heavy atom. The van der Waals surface area contributed by atoms with Gasteiger partial charge in [-0.25, -0.2) is 0 Å². The SMILES string of the molecule is CCCCOCCOCCOCCN(CC#N)CCC. The topological polar surface area (TPSA) is 54.7 Å². The molecular weight excluding hydrogens is 256 g/mol. The zero-order valence-electron chi connectivity index (χ0n) is 13.1. The van der Waals surface area contributed by atoms with Crippen LogP contribution in [0.2, 0.25) is 0 Å². The Bertz CT molecular complexity index is 232. The zero-order valence-corrected chi connectivity index (χ0v) is 13.1. The fourth-order valence-electron chi connectivity index (χ4n) is 1.67. The van der Waals surface area contributed by atoms with Gasteiger partial charge in [-0.05, 0) is 19.4 Å². The Kier molecular flexibility index (Phi) is 15.8. The molecule has 0 bridgehead atoms. The van der Waals surface area contributed by atoms with E-state index in [9.17, 15) is 0 Å². The van der Waals surface area contributed by atoms with Crippen LogP contribution in [0.3, 0.4) is 0 Å². The Morgan fingerprint density at radius 3 is 1.95 bits per heavy atom. The summed E-state index contributed by atoms with van der Waals surface area (Å²) >= 11 is 0. The van der Waals surface area contributed by atoms with Crippen LogP contribution in [0, 0.1) is 11.3 Å². The third kappa shape index (κ3) is 13.8. The van der Waals surface area contributed by atoms with Crippen LogP contribution in [-0.4, -0.2) is 64.2 Å². The lowest BCUT2D eigenvalue weighted by atomic mass is 10.4. The van der Waals surface area contributed by atoms with E-state index in [-0.39, 0.29) is 0 Å². The van der Waals surface area contributed by atoms with E-state index in [0.29, 0.717) is 39.6 Å². The second-order valence-electron chi connectivity index (χ2n) is 4.62. The van der Waals surface area contributed by atoms with Crippen molar-refractivity contribution in [3.05, 3.63) is 0 Å². The molecule has 0 aliphatic rings. The van der Waals surface area contributed by atoms with Crippen LogP contribution in [0.5, 0.6) is 0 Å². The molecule has 0 unspecified atom stereocenters. The molecule has 118 valence electrons. The van der Waals surface area contributed by atoms with Gasteiger partial charge >= 0.3 is 0 Å². The molecule has 5 heteroatoms. The van der Waals surface area contributed by atoms with Gasteiger partial charge < -0.3 is 14.2 Å². The molecule has 0 saturated carbocycles. The first-order valence-corrected chi connectivity index (χ1v) is 7.67. The minimum atomic E-state index is 0.475. The van der Waals surface area contributed by atoms with Crippen molar-refractivity contribution in [2.24, 2.45) is 0 Å². The van der Waals surface area contributed by atoms with Crippen LogP contribution in [0.15, 0.2) is 0 Å². The number of hydrogen-bond donors (Lipinski definition) is 0. The number of rotatable bonds is 15. The zero-order chi connectivity index (χ0) is 14.9. The van der Waals surface area contributed by atoms with Gasteiger partial charge in [-0.3, -0.25) is 4.90 Å². The molecule has 0 aromatic rings. The minimum absolute atomic E-state index is 0.475. The van der Waals surface area contributed by atoms with E-state index in [1.54, 1.807) is 0 Å². The minimum Gasteiger partial charge on any atom is -0.379 e. The summed E-state index contributed by atoms with van der Waals surface area (Å²) in [5.74, 6) is 0. The summed E-state index contributed by atoms with van der Waals surface area (Å²) in [4.78, 5) is 2.10. The highest BCUT2D eigenvalue weighted by Crippen LogP contribution is 1.91. The summed E-state index contributed by atoms with van der Waals surface area (Å²) in [6, 6.07) is 2.17. The van der Waals surface area contributed by atoms with Crippen molar-refractivity contribution in [2.45, 2.75) is 33.1 Å². The first-order valence-electron chi connectivity index (χ1n) is 7.67. The maximum absolute atomic E-state index is 8.68. The van der Waals surface area contributed by atoms with Crippen LogP contribution >= 0.6 is 0 Å². The standard InChI is InChI=1S/C15H30N2O3/c1-3-5-10-18-12-14-20-15-13-19-11-9-17(7-4-2)8-6-16/h3-5,7-15H2,1-2H3. The van der Waals surface area contributed by atoms with E-state index in [4.69, 9.17) is 19.5 Å². The van der Waals surface area contributed by atoms with Gasteiger partial charge in [0.2, 0.25) is 0 Å². The molecule has 0 fully saturated rings. The van der Waals surface area contributed by atoms with Crippen molar-refractivity contribution in [3.8, 4) is 6.07 Å². The Hall–Kier alpha value is -0.670. The molecule has 20 heavy (non-hydrogen) atoms. The molecule has 0 N–H and O–H groups in total. The van der Waals surface area contributed by atoms with Crippen molar-refractivity contribution in [1.82, 2.24) is 4.90 Å². The number of hydrogen-bond acceptors (Lipinski definition) is 5. The third-order valence-corrected chi connectivity index (χ3v) is 2.77. The van der Waals surface area contributed by atoms with Gasteiger partial charge in [-0.15, -0.1) is 0 Å². The molecule has 0 rings (SSSR count). The molecule has 0 atom stereocenters. The molecule has 0 spiro atoms. The fraction of sp³-hybridized carbons (Fsp3) is 0.933. The number of ether oxygens (including phenoxy) is 3. The lowest BCUT2D eigenvalue weighted by Crippen LogP contribution is -2.29. The number of unbranched alkanes of at least 4 members (excludes halogenated alkanes) is 1. The first kappa shape index (κ1) is 19.3. The number of nitrogens with zero attached hydrogens (tertiary/aromatic N) is 2. The lowest BCUT2D eigenvalue weighted by Gasteiger charge is -2.17. The maximum atomic E-state index is 8.68. The van der Waals surface area contributed by atoms with Crippen LogP contribution in [0.4, 0.5) is 0 Å². The summed E-state index contributed by atoms with van der Waals surface area (Å²) in [6.07, 6.45) is 3.33. The highest BCUT2D eigenvalue weighted by atomic mass is 16.5. The van der Waals surface area contributed by atoms with Gasteiger partial charge in [0, 0.05) is 13.2 Å². The monoisotopic (exact) mass is 286 g/mol. The summed E-state index contributed by atoms with van der Waals surface area (Å²) in [5, 5.41) is 8.68.